The Kier molecular flexibility index (Phi) is 4.74. The van der Waals surface area contributed by atoms with E-state index >= 15 is 0 Å². The lowest BCUT2D eigenvalue weighted by Crippen LogP contribution is -2.46. The number of nitrogens with zero attached hydrogens (tertiary/aromatic N) is 1. The third kappa shape index (κ3) is 2.91. The summed E-state index contributed by atoms with van der Waals surface area (Å²) in [6.45, 7) is 1.53. The fraction of sp³-hybridized carbons (Fsp3) is 0.667. The van der Waals surface area contributed by atoms with Gasteiger partial charge in [-0.25, -0.2) is 0 Å². The molecule has 1 heterocycles. The molecule has 110 valence electrons. The lowest BCUT2D eigenvalue weighted by molar-refractivity contribution is 0.0119. The van der Waals surface area contributed by atoms with Crippen LogP contribution in [0.25, 0.3) is 0 Å². The highest BCUT2D eigenvalue weighted by molar-refractivity contribution is 5.21. The molecule has 0 radical (unpaired) electrons. The largest absolute Gasteiger partial charge is 0.396 e. The van der Waals surface area contributed by atoms with Crippen molar-refractivity contribution in [3.8, 4) is 0 Å². The molecular weight excluding hydrogens is 246 g/mol. The minimum Gasteiger partial charge on any atom is -0.396 e. The van der Waals surface area contributed by atoms with Gasteiger partial charge in [0.05, 0.1) is 0 Å². The summed E-state index contributed by atoms with van der Waals surface area (Å²) in [5.74, 6) is 0.410. The average Bonchev–Trinajstić information content (AvgIpc) is 2.55. The Labute approximate surface area is 122 Å². The second kappa shape index (κ2) is 6.73. The molecule has 2 atom stereocenters. The maximum atomic E-state index is 9.81. The maximum absolute atomic E-state index is 9.81. The van der Waals surface area contributed by atoms with Crippen LogP contribution < -0.4 is 0 Å². The number of rotatable bonds is 3. The third-order valence-electron chi connectivity index (χ3n) is 5.21. The van der Waals surface area contributed by atoms with Crippen molar-refractivity contribution in [2.75, 3.05) is 13.2 Å². The van der Waals surface area contributed by atoms with Gasteiger partial charge in [-0.2, -0.15) is 0 Å². The molecule has 0 bridgehead atoms. The third-order valence-corrected chi connectivity index (χ3v) is 5.21. The van der Waals surface area contributed by atoms with Crippen LogP contribution >= 0.6 is 0 Å². The van der Waals surface area contributed by atoms with Crippen molar-refractivity contribution in [3.05, 3.63) is 35.9 Å². The first-order chi connectivity index (χ1) is 9.90. The van der Waals surface area contributed by atoms with Gasteiger partial charge in [-0.05, 0) is 37.8 Å². The average molecular weight is 273 g/mol. The lowest BCUT2D eigenvalue weighted by Gasteiger charge is -2.46. The SMILES string of the molecule is OC[C@@H]1CCCN(C2CCCCC2)[C@@H]1c1ccccc1. The maximum Gasteiger partial charge on any atom is 0.0477 e. The molecule has 2 nitrogen and oxygen atoms in total. The molecule has 0 amide bonds. The minimum atomic E-state index is 0.322. The summed E-state index contributed by atoms with van der Waals surface area (Å²) < 4.78 is 0. The molecule has 2 fully saturated rings. The summed E-state index contributed by atoms with van der Waals surface area (Å²) in [6, 6.07) is 12.0. The second-order valence-electron chi connectivity index (χ2n) is 6.47. The van der Waals surface area contributed by atoms with Gasteiger partial charge >= 0.3 is 0 Å². The summed E-state index contributed by atoms with van der Waals surface area (Å²) in [7, 11) is 0. The van der Waals surface area contributed by atoms with Crippen molar-refractivity contribution in [2.45, 2.75) is 57.0 Å². The number of benzene rings is 1. The number of aliphatic hydroxyl groups is 1. The van der Waals surface area contributed by atoms with Crippen molar-refractivity contribution >= 4 is 0 Å². The van der Waals surface area contributed by atoms with E-state index in [4.69, 9.17) is 0 Å². The van der Waals surface area contributed by atoms with Crippen molar-refractivity contribution in [3.63, 3.8) is 0 Å². The van der Waals surface area contributed by atoms with Crippen molar-refractivity contribution in [2.24, 2.45) is 5.92 Å². The van der Waals surface area contributed by atoms with E-state index in [-0.39, 0.29) is 0 Å². The molecule has 1 aliphatic heterocycles. The summed E-state index contributed by atoms with van der Waals surface area (Å²) in [5.41, 5.74) is 1.40. The quantitative estimate of drug-likeness (QED) is 0.906. The van der Waals surface area contributed by atoms with Crippen LogP contribution in [0, 0.1) is 5.92 Å². The van der Waals surface area contributed by atoms with E-state index in [2.05, 4.69) is 35.2 Å². The van der Waals surface area contributed by atoms with Gasteiger partial charge in [0.15, 0.2) is 0 Å². The van der Waals surface area contributed by atoms with E-state index in [0.29, 0.717) is 18.6 Å². The Morgan fingerprint density at radius 1 is 0.950 bits per heavy atom. The van der Waals surface area contributed by atoms with E-state index in [1.807, 2.05) is 0 Å². The predicted molar refractivity (Wildman–Crippen MR) is 82.6 cm³/mol. The molecule has 3 rings (SSSR count). The zero-order valence-corrected chi connectivity index (χ0v) is 12.4. The number of aliphatic hydroxyl groups excluding tert-OH is 1. The molecule has 1 N–H and O–H groups in total. The fourth-order valence-corrected chi connectivity index (χ4v) is 4.23. The van der Waals surface area contributed by atoms with Gasteiger partial charge in [0.1, 0.15) is 0 Å². The number of likely N-dealkylation sites (tertiary alicyclic amines) is 1. The molecule has 0 unspecified atom stereocenters. The lowest BCUT2D eigenvalue weighted by atomic mass is 9.82. The summed E-state index contributed by atoms with van der Waals surface area (Å²) in [4.78, 5) is 2.72. The Hall–Kier alpha value is -0.860. The van der Waals surface area contributed by atoms with Gasteiger partial charge in [0.2, 0.25) is 0 Å². The Balaban J connectivity index is 1.85. The molecule has 1 saturated carbocycles. The molecule has 1 saturated heterocycles. The molecule has 1 aliphatic carbocycles. The van der Waals surface area contributed by atoms with Gasteiger partial charge in [0, 0.05) is 24.6 Å². The van der Waals surface area contributed by atoms with Gasteiger partial charge in [-0.15, -0.1) is 0 Å². The Bertz CT molecular complexity index is 399. The number of piperidine rings is 1. The van der Waals surface area contributed by atoms with E-state index in [1.165, 1.54) is 57.1 Å². The van der Waals surface area contributed by atoms with Gasteiger partial charge in [-0.3, -0.25) is 4.90 Å². The van der Waals surface area contributed by atoms with E-state index in [9.17, 15) is 5.11 Å². The van der Waals surface area contributed by atoms with Crippen molar-refractivity contribution in [1.82, 2.24) is 4.90 Å². The minimum absolute atomic E-state index is 0.322. The summed E-state index contributed by atoms with van der Waals surface area (Å²) >= 11 is 0. The fourth-order valence-electron chi connectivity index (χ4n) is 4.23. The highest BCUT2D eigenvalue weighted by Gasteiger charge is 2.36. The first-order valence-corrected chi connectivity index (χ1v) is 8.31. The first-order valence-electron chi connectivity index (χ1n) is 8.31. The van der Waals surface area contributed by atoms with Crippen LogP contribution in [0.1, 0.15) is 56.6 Å². The molecule has 2 heteroatoms. The van der Waals surface area contributed by atoms with Gasteiger partial charge in [0.25, 0.3) is 0 Å². The standard InChI is InChI=1S/C18H27NO/c20-14-16-10-7-13-19(17-11-5-2-6-12-17)18(16)15-8-3-1-4-9-15/h1,3-4,8-9,16-18,20H,2,5-7,10-14H2/t16-,18+/m0/s1. The first kappa shape index (κ1) is 14.1. The van der Waals surface area contributed by atoms with Gasteiger partial charge in [-0.1, -0.05) is 49.6 Å². The summed E-state index contributed by atoms with van der Waals surface area (Å²) in [6.07, 6.45) is 9.27. The molecule has 0 spiro atoms. The zero-order valence-electron chi connectivity index (χ0n) is 12.4. The number of hydrogen-bond donors (Lipinski definition) is 1. The molecule has 2 aliphatic rings. The van der Waals surface area contributed by atoms with E-state index < -0.39 is 0 Å². The molecular formula is C18H27NO. The van der Waals surface area contributed by atoms with Gasteiger partial charge < -0.3 is 5.11 Å². The highest BCUT2D eigenvalue weighted by Crippen LogP contribution is 2.39. The van der Waals surface area contributed by atoms with E-state index in [0.717, 1.165) is 6.04 Å². The molecule has 1 aromatic rings. The molecule has 1 aromatic carbocycles. The van der Waals surface area contributed by atoms with Crippen molar-refractivity contribution in [1.29, 1.82) is 0 Å². The second-order valence-corrected chi connectivity index (χ2v) is 6.47. The van der Waals surface area contributed by atoms with Crippen LogP contribution in [-0.2, 0) is 0 Å². The van der Waals surface area contributed by atoms with Crippen LogP contribution in [0.2, 0.25) is 0 Å². The van der Waals surface area contributed by atoms with Crippen LogP contribution in [-0.4, -0.2) is 29.2 Å². The van der Waals surface area contributed by atoms with Crippen LogP contribution in [0.5, 0.6) is 0 Å². The number of hydrogen-bond acceptors (Lipinski definition) is 2. The van der Waals surface area contributed by atoms with Crippen LogP contribution in [0.3, 0.4) is 0 Å². The zero-order chi connectivity index (χ0) is 13.8. The smallest absolute Gasteiger partial charge is 0.0477 e. The Morgan fingerprint density at radius 3 is 2.40 bits per heavy atom. The summed E-state index contributed by atoms with van der Waals surface area (Å²) in [5, 5.41) is 9.81. The van der Waals surface area contributed by atoms with Crippen LogP contribution in [0.4, 0.5) is 0 Å². The van der Waals surface area contributed by atoms with Crippen LogP contribution in [0.15, 0.2) is 30.3 Å². The molecule has 20 heavy (non-hydrogen) atoms. The topological polar surface area (TPSA) is 23.5 Å². The highest BCUT2D eigenvalue weighted by atomic mass is 16.3. The predicted octanol–water partition coefficient (Wildman–Crippen LogP) is 3.76. The molecule has 0 aromatic heterocycles. The monoisotopic (exact) mass is 273 g/mol. The van der Waals surface area contributed by atoms with E-state index in [1.54, 1.807) is 0 Å². The van der Waals surface area contributed by atoms with Crippen molar-refractivity contribution < 1.29 is 5.11 Å². The normalized spacial score (nSPS) is 29.4. The Morgan fingerprint density at radius 2 is 1.70 bits per heavy atom.